The second-order valence-corrected chi connectivity index (χ2v) is 21.1. The molecule has 0 fully saturated rings. The molecule has 0 saturated carbocycles. The third kappa shape index (κ3) is 51.5. The maximum atomic E-state index is 12.7. The van der Waals surface area contributed by atoms with Crippen LogP contribution in [0.25, 0.3) is 0 Å². The number of likely N-dealkylation sites (N-methyl/N-ethyl adjacent to an activating group) is 1. The van der Waals surface area contributed by atoms with Crippen molar-refractivity contribution >= 4 is 19.8 Å². The van der Waals surface area contributed by atoms with Crippen molar-refractivity contribution in [1.82, 2.24) is 0 Å². The van der Waals surface area contributed by atoms with Gasteiger partial charge in [-0.1, -0.05) is 224 Å². The smallest absolute Gasteiger partial charge is 0.462 e. The number of carbonyl (C=O) groups excluding carboxylic acids is 2. The zero-order valence-electron chi connectivity index (χ0n) is 43.2. The van der Waals surface area contributed by atoms with Gasteiger partial charge in [0.15, 0.2) is 6.10 Å². The van der Waals surface area contributed by atoms with Crippen molar-refractivity contribution in [2.24, 2.45) is 0 Å². The van der Waals surface area contributed by atoms with Gasteiger partial charge in [0.25, 0.3) is 0 Å². The van der Waals surface area contributed by atoms with Crippen molar-refractivity contribution in [3.63, 3.8) is 0 Å². The van der Waals surface area contributed by atoms with Crippen LogP contribution in [-0.2, 0) is 32.7 Å². The molecule has 9 nitrogen and oxygen atoms in total. The Morgan fingerprint density at radius 2 is 0.831 bits per heavy atom. The molecule has 382 valence electrons. The minimum absolute atomic E-state index is 0.0339. The van der Waals surface area contributed by atoms with E-state index >= 15 is 0 Å². The van der Waals surface area contributed by atoms with Crippen molar-refractivity contribution < 1.29 is 42.1 Å². The van der Waals surface area contributed by atoms with E-state index in [2.05, 4.69) is 50.3 Å². The van der Waals surface area contributed by atoms with E-state index < -0.39 is 26.5 Å². The van der Waals surface area contributed by atoms with Crippen molar-refractivity contribution in [2.45, 2.75) is 258 Å². The number of phosphoric acid groups is 1. The highest BCUT2D eigenvalue weighted by atomic mass is 31.2. The van der Waals surface area contributed by atoms with Crippen LogP contribution in [0, 0.1) is 0 Å². The van der Waals surface area contributed by atoms with E-state index in [0.29, 0.717) is 23.9 Å². The topological polar surface area (TPSA) is 108 Å². The van der Waals surface area contributed by atoms with Crippen LogP contribution in [0.4, 0.5) is 0 Å². The summed E-state index contributed by atoms with van der Waals surface area (Å²) in [7, 11) is 1.49. The summed E-state index contributed by atoms with van der Waals surface area (Å²) in [5.41, 5.74) is 0. The van der Waals surface area contributed by atoms with Gasteiger partial charge in [0, 0.05) is 12.8 Å². The summed E-state index contributed by atoms with van der Waals surface area (Å²) in [5.74, 6) is -0.793. The molecule has 1 N–H and O–H groups in total. The maximum absolute atomic E-state index is 12.7. The summed E-state index contributed by atoms with van der Waals surface area (Å²) in [4.78, 5) is 35.3. The number of quaternary nitrogens is 1. The molecule has 0 heterocycles. The minimum Gasteiger partial charge on any atom is -0.462 e. The highest BCUT2D eigenvalue weighted by Gasteiger charge is 2.27. The standard InChI is InChI=1S/C55H104NO8P/c1-6-8-10-12-14-16-17-18-19-20-21-22-23-24-25-26-27-28-29-30-31-32-33-34-35-36-37-38-39-40-42-44-46-48-55(58)64-53(52-63-65(59,60)62-50-49-56(3,4)5)51-61-54(57)47-45-43-41-15-13-11-9-7-2/h17-18,20-21,23-24,53H,6-16,19,22,25-52H2,1-5H3/p+1/b18-17-,21-20-,24-23-. The van der Waals surface area contributed by atoms with Crippen LogP contribution in [0.1, 0.15) is 251 Å². The van der Waals surface area contributed by atoms with Gasteiger partial charge >= 0.3 is 19.8 Å². The molecule has 10 heteroatoms. The maximum Gasteiger partial charge on any atom is 0.472 e. The third-order valence-corrected chi connectivity index (χ3v) is 12.9. The van der Waals surface area contributed by atoms with E-state index in [1.807, 2.05) is 21.1 Å². The Morgan fingerprint density at radius 1 is 0.477 bits per heavy atom. The first-order valence-electron chi connectivity index (χ1n) is 27.2. The molecule has 0 radical (unpaired) electrons. The van der Waals surface area contributed by atoms with Crippen LogP contribution in [0.5, 0.6) is 0 Å². The molecule has 2 unspecified atom stereocenters. The average molecular weight is 939 g/mol. The Hall–Kier alpha value is -1.77. The minimum atomic E-state index is -4.37. The van der Waals surface area contributed by atoms with Gasteiger partial charge in [-0.05, 0) is 51.4 Å². The Labute approximate surface area is 401 Å². The lowest BCUT2D eigenvalue weighted by molar-refractivity contribution is -0.870. The fourth-order valence-corrected chi connectivity index (χ4v) is 8.41. The van der Waals surface area contributed by atoms with Gasteiger partial charge in [0.05, 0.1) is 27.7 Å². The first-order chi connectivity index (χ1) is 31.5. The zero-order valence-corrected chi connectivity index (χ0v) is 44.1. The van der Waals surface area contributed by atoms with Crippen LogP contribution < -0.4 is 0 Å². The second-order valence-electron chi connectivity index (χ2n) is 19.6. The van der Waals surface area contributed by atoms with E-state index in [0.717, 1.165) is 44.9 Å². The number of phosphoric ester groups is 1. The summed E-state index contributed by atoms with van der Waals surface area (Å²) in [5, 5.41) is 0. The largest absolute Gasteiger partial charge is 0.472 e. The summed E-state index contributed by atoms with van der Waals surface area (Å²) in [6.07, 6.45) is 56.7. The highest BCUT2D eigenvalue weighted by molar-refractivity contribution is 7.47. The van der Waals surface area contributed by atoms with Crippen LogP contribution in [0.3, 0.4) is 0 Å². The van der Waals surface area contributed by atoms with E-state index in [-0.39, 0.29) is 25.6 Å². The number of hydrogen-bond donors (Lipinski definition) is 1. The molecule has 2 atom stereocenters. The first-order valence-corrected chi connectivity index (χ1v) is 28.7. The number of nitrogens with zero attached hydrogens (tertiary/aromatic N) is 1. The molecule has 0 aromatic rings. The summed E-state index contributed by atoms with van der Waals surface area (Å²) in [6, 6.07) is 0. The number of rotatable bonds is 50. The molecule has 0 aliphatic rings. The lowest BCUT2D eigenvalue weighted by atomic mass is 10.0. The number of carbonyl (C=O) groups is 2. The van der Waals surface area contributed by atoms with E-state index in [9.17, 15) is 19.0 Å². The van der Waals surface area contributed by atoms with Crippen LogP contribution in [0.2, 0.25) is 0 Å². The van der Waals surface area contributed by atoms with Gasteiger partial charge in [-0.25, -0.2) is 4.57 Å². The predicted octanol–water partition coefficient (Wildman–Crippen LogP) is 16.4. The average Bonchev–Trinajstić information content (AvgIpc) is 3.26. The molecule has 0 aromatic carbocycles. The number of ether oxygens (including phenoxy) is 2. The van der Waals surface area contributed by atoms with E-state index in [4.69, 9.17) is 18.5 Å². The fourth-order valence-electron chi connectivity index (χ4n) is 7.67. The number of esters is 2. The Kier molecular flexibility index (Phi) is 46.0. The Bertz CT molecular complexity index is 1200. The molecule has 65 heavy (non-hydrogen) atoms. The molecule has 0 aromatic heterocycles. The summed E-state index contributed by atoms with van der Waals surface area (Å²) in [6.45, 7) is 4.40. The van der Waals surface area contributed by atoms with Crippen molar-refractivity contribution in [1.29, 1.82) is 0 Å². The lowest BCUT2D eigenvalue weighted by Crippen LogP contribution is -2.37. The van der Waals surface area contributed by atoms with E-state index in [1.165, 1.54) is 173 Å². The highest BCUT2D eigenvalue weighted by Crippen LogP contribution is 2.43. The molecule has 0 bridgehead atoms. The number of allylic oxidation sites excluding steroid dienone is 6. The van der Waals surface area contributed by atoms with Crippen molar-refractivity contribution in [2.75, 3.05) is 47.5 Å². The van der Waals surface area contributed by atoms with Crippen molar-refractivity contribution in [3.05, 3.63) is 36.5 Å². The second kappa shape index (κ2) is 47.3. The van der Waals surface area contributed by atoms with Gasteiger partial charge in [-0.2, -0.15) is 0 Å². The van der Waals surface area contributed by atoms with Crippen molar-refractivity contribution in [3.8, 4) is 0 Å². The van der Waals surface area contributed by atoms with Gasteiger partial charge in [-0.3, -0.25) is 18.6 Å². The predicted molar refractivity (Wildman–Crippen MR) is 275 cm³/mol. The van der Waals surface area contributed by atoms with Gasteiger partial charge < -0.3 is 18.9 Å². The van der Waals surface area contributed by atoms with E-state index in [1.54, 1.807) is 0 Å². The monoisotopic (exact) mass is 939 g/mol. The number of hydrogen-bond acceptors (Lipinski definition) is 7. The molecule has 0 amide bonds. The fraction of sp³-hybridized carbons (Fsp3) is 0.855. The van der Waals surface area contributed by atoms with Crippen LogP contribution >= 0.6 is 7.82 Å². The number of unbranched alkanes of at least 4 members (excludes halogenated alkanes) is 30. The SMILES string of the molecule is CCCCCCC/C=C\C/C=C\C/C=C\CCCCCCCCCCCCCCCCCCCCC(=O)OC(COC(=O)CCCCCCCCCC)COP(=O)(O)OCC[N+](C)(C)C. The molecule has 0 spiro atoms. The quantitative estimate of drug-likeness (QED) is 0.0211. The van der Waals surface area contributed by atoms with Crippen LogP contribution in [-0.4, -0.2) is 74.9 Å². The zero-order chi connectivity index (χ0) is 47.8. The molecular weight excluding hydrogens is 834 g/mol. The molecule has 0 saturated heterocycles. The van der Waals surface area contributed by atoms with Gasteiger partial charge in [0.1, 0.15) is 19.8 Å². The Morgan fingerprint density at radius 3 is 1.23 bits per heavy atom. The lowest BCUT2D eigenvalue weighted by Gasteiger charge is -2.24. The van der Waals surface area contributed by atoms with Gasteiger partial charge in [-0.15, -0.1) is 0 Å². The van der Waals surface area contributed by atoms with Crippen LogP contribution in [0.15, 0.2) is 36.5 Å². The van der Waals surface area contributed by atoms with Gasteiger partial charge in [0.2, 0.25) is 0 Å². The third-order valence-electron chi connectivity index (χ3n) is 11.9. The molecule has 0 aliphatic heterocycles. The Balaban J connectivity index is 3.93. The molecule has 0 aliphatic carbocycles. The first kappa shape index (κ1) is 63.2. The molecule has 0 rings (SSSR count). The summed E-state index contributed by atoms with van der Waals surface area (Å²) >= 11 is 0. The summed E-state index contributed by atoms with van der Waals surface area (Å²) < 4.78 is 34.3. The molecular formula is C55H105NO8P+. The normalized spacial score (nSPS) is 13.6.